The molecule has 0 aliphatic heterocycles. The van der Waals surface area contributed by atoms with E-state index in [0.29, 0.717) is 0 Å². The van der Waals surface area contributed by atoms with Crippen LogP contribution in [0.1, 0.15) is 54.8 Å². The van der Waals surface area contributed by atoms with Crippen LogP contribution in [0.4, 0.5) is 18.9 Å². The van der Waals surface area contributed by atoms with Crippen LogP contribution in [0.15, 0.2) is 48.5 Å². The molecule has 28 heavy (non-hydrogen) atoms. The molecule has 2 aromatic rings. The van der Waals surface area contributed by atoms with Gasteiger partial charge >= 0.3 is 6.18 Å². The molecule has 1 amide bonds. The summed E-state index contributed by atoms with van der Waals surface area (Å²) in [5, 5.41) is 6.08. The molecule has 0 radical (unpaired) electrons. The van der Waals surface area contributed by atoms with E-state index < -0.39 is 17.8 Å². The number of hydrogen-bond donors (Lipinski definition) is 2. The molecule has 0 spiro atoms. The number of amides is 1. The van der Waals surface area contributed by atoms with Crippen LogP contribution < -0.4 is 10.6 Å². The van der Waals surface area contributed by atoms with Gasteiger partial charge in [-0.1, -0.05) is 55.2 Å². The van der Waals surface area contributed by atoms with Crippen molar-refractivity contribution in [3.05, 3.63) is 65.2 Å². The second-order valence-corrected chi connectivity index (χ2v) is 7.41. The van der Waals surface area contributed by atoms with E-state index in [2.05, 4.69) is 10.6 Å². The Labute approximate surface area is 163 Å². The Morgan fingerprint density at radius 2 is 1.71 bits per heavy atom. The number of benzene rings is 2. The van der Waals surface area contributed by atoms with E-state index in [0.717, 1.165) is 48.9 Å². The van der Waals surface area contributed by atoms with Crippen LogP contribution in [-0.2, 0) is 11.0 Å². The van der Waals surface area contributed by atoms with Gasteiger partial charge in [-0.05, 0) is 43.5 Å². The third-order valence-corrected chi connectivity index (χ3v) is 5.13. The van der Waals surface area contributed by atoms with Crippen LogP contribution in [-0.4, -0.2) is 11.9 Å². The monoisotopic (exact) mass is 390 g/mol. The van der Waals surface area contributed by atoms with Gasteiger partial charge in [0.25, 0.3) is 0 Å². The molecule has 1 saturated carbocycles. The fourth-order valence-corrected chi connectivity index (χ4v) is 3.54. The van der Waals surface area contributed by atoms with Crippen molar-refractivity contribution in [2.24, 2.45) is 0 Å². The van der Waals surface area contributed by atoms with Gasteiger partial charge in [0, 0.05) is 11.7 Å². The quantitative estimate of drug-likeness (QED) is 0.696. The van der Waals surface area contributed by atoms with Gasteiger partial charge in [-0.15, -0.1) is 0 Å². The lowest BCUT2D eigenvalue weighted by atomic mass is 9.94. The van der Waals surface area contributed by atoms with Crippen LogP contribution in [0.2, 0.25) is 0 Å². The molecule has 3 rings (SSSR count). The second-order valence-electron chi connectivity index (χ2n) is 7.41. The van der Waals surface area contributed by atoms with Crippen LogP contribution in [0, 0.1) is 6.92 Å². The van der Waals surface area contributed by atoms with Crippen LogP contribution in [0.3, 0.4) is 0 Å². The molecule has 1 fully saturated rings. The lowest BCUT2D eigenvalue weighted by molar-refractivity contribution is -0.137. The number of halogens is 3. The molecular formula is C22H25F3N2O. The predicted molar refractivity (Wildman–Crippen MR) is 104 cm³/mol. The van der Waals surface area contributed by atoms with Crippen LogP contribution in [0.5, 0.6) is 0 Å². The SMILES string of the molecule is Cc1ccc(C(Nc2cccc(C(F)(F)F)c2)C(=O)NC2CCCCC2)cc1. The number of anilines is 1. The first-order valence-electron chi connectivity index (χ1n) is 9.64. The Kier molecular flexibility index (Phi) is 6.27. The minimum absolute atomic E-state index is 0.123. The van der Waals surface area contributed by atoms with Gasteiger partial charge in [0.05, 0.1) is 5.56 Å². The molecule has 1 atom stereocenters. The molecule has 6 heteroatoms. The Balaban J connectivity index is 1.83. The fourth-order valence-electron chi connectivity index (χ4n) is 3.54. The van der Waals surface area contributed by atoms with E-state index in [1.807, 2.05) is 31.2 Å². The third-order valence-electron chi connectivity index (χ3n) is 5.13. The Hall–Kier alpha value is -2.50. The summed E-state index contributed by atoms with van der Waals surface area (Å²) in [6.45, 7) is 1.95. The van der Waals surface area contributed by atoms with Gasteiger partial charge in [-0.2, -0.15) is 13.2 Å². The van der Waals surface area contributed by atoms with Crippen molar-refractivity contribution in [1.29, 1.82) is 0 Å². The maximum Gasteiger partial charge on any atom is 0.416 e. The number of aryl methyl sites for hydroxylation is 1. The summed E-state index contributed by atoms with van der Waals surface area (Å²) in [6.07, 6.45) is 0.798. The predicted octanol–water partition coefficient (Wildman–Crippen LogP) is 5.62. The number of nitrogens with one attached hydrogen (secondary N) is 2. The van der Waals surface area contributed by atoms with Crippen molar-refractivity contribution in [3.63, 3.8) is 0 Å². The van der Waals surface area contributed by atoms with Gasteiger partial charge in [-0.3, -0.25) is 4.79 Å². The Morgan fingerprint density at radius 1 is 1.04 bits per heavy atom. The highest BCUT2D eigenvalue weighted by molar-refractivity contribution is 5.86. The van der Waals surface area contributed by atoms with E-state index in [4.69, 9.17) is 0 Å². The zero-order valence-corrected chi connectivity index (χ0v) is 15.9. The van der Waals surface area contributed by atoms with E-state index in [1.165, 1.54) is 12.5 Å². The highest BCUT2D eigenvalue weighted by Crippen LogP contribution is 2.32. The summed E-state index contributed by atoms with van der Waals surface area (Å²) >= 11 is 0. The lowest BCUT2D eigenvalue weighted by Gasteiger charge is -2.27. The first kappa shape index (κ1) is 20.2. The molecule has 1 aliphatic carbocycles. The maximum atomic E-state index is 13.0. The Bertz CT molecular complexity index is 796. The number of hydrogen-bond acceptors (Lipinski definition) is 2. The number of alkyl halides is 3. The van der Waals surface area contributed by atoms with Crippen molar-refractivity contribution >= 4 is 11.6 Å². The van der Waals surface area contributed by atoms with Gasteiger partial charge in [0.2, 0.25) is 5.91 Å². The second kappa shape index (κ2) is 8.67. The van der Waals surface area contributed by atoms with Gasteiger partial charge < -0.3 is 10.6 Å². The number of rotatable bonds is 5. The number of carbonyl (C=O) groups is 1. The zero-order valence-electron chi connectivity index (χ0n) is 15.9. The third kappa shape index (κ3) is 5.27. The first-order valence-corrected chi connectivity index (χ1v) is 9.64. The van der Waals surface area contributed by atoms with Crippen molar-refractivity contribution in [1.82, 2.24) is 5.32 Å². The summed E-state index contributed by atoms with van der Waals surface area (Å²) in [5.41, 5.74) is 1.29. The number of carbonyl (C=O) groups excluding carboxylic acids is 1. The minimum Gasteiger partial charge on any atom is -0.370 e. The van der Waals surface area contributed by atoms with E-state index in [9.17, 15) is 18.0 Å². The highest BCUT2D eigenvalue weighted by atomic mass is 19.4. The van der Waals surface area contributed by atoms with Crippen molar-refractivity contribution in [2.75, 3.05) is 5.32 Å². The molecule has 0 aromatic heterocycles. The fraction of sp³-hybridized carbons (Fsp3) is 0.409. The molecule has 0 heterocycles. The lowest BCUT2D eigenvalue weighted by Crippen LogP contribution is -2.41. The molecule has 0 saturated heterocycles. The van der Waals surface area contributed by atoms with Gasteiger partial charge in [0.1, 0.15) is 6.04 Å². The summed E-state index contributed by atoms with van der Waals surface area (Å²) in [4.78, 5) is 13.0. The summed E-state index contributed by atoms with van der Waals surface area (Å²) in [7, 11) is 0. The standard InChI is InChI=1S/C22H25F3N2O/c1-15-10-12-16(13-11-15)20(21(28)27-18-7-3-2-4-8-18)26-19-9-5-6-17(14-19)22(23,24)25/h5-6,9-14,18,20,26H,2-4,7-8H2,1H3,(H,27,28). The topological polar surface area (TPSA) is 41.1 Å². The summed E-state index contributed by atoms with van der Waals surface area (Å²) in [5.74, 6) is -0.215. The minimum atomic E-state index is -4.43. The smallest absolute Gasteiger partial charge is 0.370 e. The largest absolute Gasteiger partial charge is 0.416 e. The molecule has 0 bridgehead atoms. The average Bonchev–Trinajstić information content (AvgIpc) is 2.67. The van der Waals surface area contributed by atoms with Crippen molar-refractivity contribution in [3.8, 4) is 0 Å². The molecule has 150 valence electrons. The molecule has 3 nitrogen and oxygen atoms in total. The molecule has 2 N–H and O–H groups in total. The van der Waals surface area contributed by atoms with E-state index in [-0.39, 0.29) is 17.6 Å². The van der Waals surface area contributed by atoms with Crippen molar-refractivity contribution < 1.29 is 18.0 Å². The van der Waals surface area contributed by atoms with E-state index >= 15 is 0 Å². The molecule has 1 aliphatic rings. The Morgan fingerprint density at radius 3 is 2.36 bits per heavy atom. The summed E-state index contributed by atoms with van der Waals surface area (Å²) < 4.78 is 39.1. The van der Waals surface area contributed by atoms with Crippen LogP contribution in [0.25, 0.3) is 0 Å². The normalized spacial score (nSPS) is 16.4. The average molecular weight is 390 g/mol. The molecule has 1 unspecified atom stereocenters. The zero-order chi connectivity index (χ0) is 20.1. The van der Waals surface area contributed by atoms with Crippen molar-refractivity contribution in [2.45, 2.75) is 57.3 Å². The van der Waals surface area contributed by atoms with Gasteiger partial charge in [0.15, 0.2) is 0 Å². The first-order chi connectivity index (χ1) is 13.3. The molecule has 2 aromatic carbocycles. The highest BCUT2D eigenvalue weighted by Gasteiger charge is 2.31. The maximum absolute atomic E-state index is 13.0. The van der Waals surface area contributed by atoms with Gasteiger partial charge in [-0.25, -0.2) is 0 Å². The van der Waals surface area contributed by atoms with Crippen LogP contribution >= 0.6 is 0 Å². The summed E-state index contributed by atoms with van der Waals surface area (Å²) in [6, 6.07) is 11.8. The van der Waals surface area contributed by atoms with E-state index in [1.54, 1.807) is 6.07 Å². The molecular weight excluding hydrogens is 365 g/mol.